The van der Waals surface area contributed by atoms with Crippen molar-refractivity contribution in [2.45, 2.75) is 38.8 Å². The first-order valence-corrected chi connectivity index (χ1v) is 9.13. The highest BCUT2D eigenvalue weighted by Gasteiger charge is 2.18. The number of alkyl halides is 2. The topological polar surface area (TPSA) is 56.8 Å². The molecule has 5 nitrogen and oxygen atoms in total. The van der Waals surface area contributed by atoms with E-state index in [9.17, 15) is 13.6 Å². The quantitative estimate of drug-likeness (QED) is 0.561. The Hall–Kier alpha value is -2.83. The number of benzene rings is 2. The highest BCUT2D eigenvalue weighted by Crippen LogP contribution is 2.28. The van der Waals surface area contributed by atoms with Gasteiger partial charge in [0.25, 0.3) is 0 Å². The van der Waals surface area contributed by atoms with Crippen molar-refractivity contribution in [3.05, 3.63) is 54.1 Å². The summed E-state index contributed by atoms with van der Waals surface area (Å²) in [5.41, 5.74) is 0.535. The summed E-state index contributed by atoms with van der Waals surface area (Å²) in [5.74, 6) is 1.35. The molecule has 1 N–H and O–H groups in total. The molecule has 0 aliphatic carbocycles. The number of nitrogens with one attached hydrogen (secondary N) is 1. The van der Waals surface area contributed by atoms with Gasteiger partial charge in [-0.25, -0.2) is 0 Å². The van der Waals surface area contributed by atoms with Gasteiger partial charge in [0, 0.05) is 12.0 Å². The summed E-state index contributed by atoms with van der Waals surface area (Å²) < 4.78 is 40.4. The smallest absolute Gasteiger partial charge is 0.387 e. The number of hydrogen-bond donors (Lipinski definition) is 1. The number of carbonyl (C=O) groups is 1. The van der Waals surface area contributed by atoms with Crippen LogP contribution in [0.1, 0.15) is 37.8 Å². The fourth-order valence-corrected chi connectivity index (χ4v) is 2.73. The van der Waals surface area contributed by atoms with Gasteiger partial charge in [0.05, 0.1) is 19.8 Å². The summed E-state index contributed by atoms with van der Waals surface area (Å²) in [5, 5.41) is 2.87. The van der Waals surface area contributed by atoms with E-state index in [0.717, 1.165) is 5.75 Å². The zero-order valence-electron chi connectivity index (χ0n) is 16.0. The minimum Gasteiger partial charge on any atom is -0.497 e. The van der Waals surface area contributed by atoms with E-state index in [4.69, 9.17) is 9.47 Å². The number of para-hydroxylation sites is 1. The van der Waals surface area contributed by atoms with E-state index in [1.54, 1.807) is 49.6 Å². The third-order valence-electron chi connectivity index (χ3n) is 4.13. The third kappa shape index (κ3) is 6.72. The van der Waals surface area contributed by atoms with Crippen LogP contribution in [-0.2, 0) is 4.79 Å². The fraction of sp³-hybridized carbons (Fsp3) is 0.381. The second-order valence-electron chi connectivity index (χ2n) is 6.07. The molecule has 0 aliphatic rings. The summed E-state index contributed by atoms with van der Waals surface area (Å²) in [6.45, 7) is -0.650. The Kier molecular flexibility index (Phi) is 8.52. The first kappa shape index (κ1) is 21.5. The van der Waals surface area contributed by atoms with Crippen LogP contribution in [0.4, 0.5) is 8.78 Å². The lowest BCUT2D eigenvalue weighted by Crippen LogP contribution is -2.28. The molecule has 1 unspecified atom stereocenters. The summed E-state index contributed by atoms with van der Waals surface area (Å²) in [6.07, 6.45) is 1.35. The number of hydrogen-bond acceptors (Lipinski definition) is 4. The lowest BCUT2D eigenvalue weighted by molar-refractivity contribution is -0.122. The molecule has 0 saturated heterocycles. The first-order chi connectivity index (χ1) is 13.5. The monoisotopic (exact) mass is 393 g/mol. The van der Waals surface area contributed by atoms with Crippen LogP contribution >= 0.6 is 0 Å². The van der Waals surface area contributed by atoms with Crippen molar-refractivity contribution in [1.29, 1.82) is 0 Å². The average Bonchev–Trinajstić information content (AvgIpc) is 2.70. The Morgan fingerprint density at radius 2 is 1.75 bits per heavy atom. The lowest BCUT2D eigenvalue weighted by atomic mass is 10.0. The zero-order chi connectivity index (χ0) is 20.4. The first-order valence-electron chi connectivity index (χ1n) is 9.13. The van der Waals surface area contributed by atoms with E-state index in [2.05, 4.69) is 10.1 Å². The number of ether oxygens (including phenoxy) is 3. The van der Waals surface area contributed by atoms with Crippen LogP contribution in [-0.4, -0.2) is 26.2 Å². The normalized spacial score (nSPS) is 11.8. The molecule has 2 rings (SSSR count). The molecule has 2 aromatic rings. The number of halogens is 2. The van der Waals surface area contributed by atoms with Gasteiger partial charge in [-0.1, -0.05) is 25.1 Å². The van der Waals surface area contributed by atoms with Gasteiger partial charge in [0.1, 0.15) is 17.2 Å². The Morgan fingerprint density at radius 1 is 1.07 bits per heavy atom. The molecule has 0 aliphatic heterocycles. The van der Waals surface area contributed by atoms with Gasteiger partial charge in [0.15, 0.2) is 0 Å². The Morgan fingerprint density at radius 3 is 2.39 bits per heavy atom. The van der Waals surface area contributed by atoms with Crippen molar-refractivity contribution < 1.29 is 27.8 Å². The van der Waals surface area contributed by atoms with Gasteiger partial charge < -0.3 is 19.5 Å². The van der Waals surface area contributed by atoms with Gasteiger partial charge in [-0.2, -0.15) is 8.78 Å². The number of methoxy groups -OCH3 is 1. The minimum absolute atomic E-state index is 0.0764. The molecule has 0 fully saturated rings. The van der Waals surface area contributed by atoms with Crippen LogP contribution < -0.4 is 19.5 Å². The van der Waals surface area contributed by atoms with Crippen molar-refractivity contribution in [3.8, 4) is 17.2 Å². The molecule has 0 heterocycles. The maximum absolute atomic E-state index is 12.6. The van der Waals surface area contributed by atoms with Gasteiger partial charge in [-0.05, 0) is 43.2 Å². The van der Waals surface area contributed by atoms with Crippen LogP contribution in [0.3, 0.4) is 0 Å². The SMILES string of the molecule is CCC(NC(=O)CCCOc1ccc(OC)cc1)c1ccccc1OC(F)F. The van der Waals surface area contributed by atoms with Crippen LogP contribution in [0, 0.1) is 0 Å². The van der Waals surface area contributed by atoms with Crippen LogP contribution in [0.15, 0.2) is 48.5 Å². The average molecular weight is 393 g/mol. The van der Waals surface area contributed by atoms with Crippen LogP contribution in [0.2, 0.25) is 0 Å². The van der Waals surface area contributed by atoms with Crippen LogP contribution in [0.25, 0.3) is 0 Å². The lowest BCUT2D eigenvalue weighted by Gasteiger charge is -2.20. The van der Waals surface area contributed by atoms with Gasteiger partial charge >= 0.3 is 6.61 Å². The second-order valence-corrected chi connectivity index (χ2v) is 6.07. The van der Waals surface area contributed by atoms with E-state index in [1.807, 2.05) is 6.92 Å². The molecule has 0 spiro atoms. The van der Waals surface area contributed by atoms with Crippen LogP contribution in [0.5, 0.6) is 17.2 Å². The third-order valence-corrected chi connectivity index (χ3v) is 4.13. The maximum Gasteiger partial charge on any atom is 0.387 e. The summed E-state index contributed by atoms with van der Waals surface area (Å²) in [6, 6.07) is 13.3. The molecule has 2 aromatic carbocycles. The number of amides is 1. The van der Waals surface area contributed by atoms with E-state index in [1.165, 1.54) is 6.07 Å². The highest BCUT2D eigenvalue weighted by molar-refractivity contribution is 5.76. The largest absolute Gasteiger partial charge is 0.497 e. The molecule has 1 amide bonds. The molecular formula is C21H25F2NO4. The van der Waals surface area contributed by atoms with Crippen molar-refractivity contribution in [3.63, 3.8) is 0 Å². The van der Waals surface area contributed by atoms with Crippen molar-refractivity contribution >= 4 is 5.91 Å². The highest BCUT2D eigenvalue weighted by atomic mass is 19.3. The molecule has 0 radical (unpaired) electrons. The summed E-state index contributed by atoms with van der Waals surface area (Å²) >= 11 is 0. The fourth-order valence-electron chi connectivity index (χ4n) is 2.73. The van der Waals surface area contributed by atoms with Crippen molar-refractivity contribution in [2.24, 2.45) is 0 Å². The van der Waals surface area contributed by atoms with E-state index < -0.39 is 12.7 Å². The second kappa shape index (κ2) is 11.1. The molecule has 7 heteroatoms. The molecule has 0 bridgehead atoms. The Labute approximate surface area is 163 Å². The number of carbonyl (C=O) groups excluding carboxylic acids is 1. The molecular weight excluding hydrogens is 368 g/mol. The molecule has 28 heavy (non-hydrogen) atoms. The standard InChI is InChI=1S/C21H25F2NO4/c1-3-18(17-7-4-5-8-19(17)28-21(22)23)24-20(25)9-6-14-27-16-12-10-15(26-2)11-13-16/h4-5,7-8,10-13,18,21H,3,6,9,14H2,1-2H3,(H,24,25). The van der Waals surface area contributed by atoms with Crippen molar-refractivity contribution in [2.75, 3.05) is 13.7 Å². The van der Waals surface area contributed by atoms with Crippen molar-refractivity contribution in [1.82, 2.24) is 5.32 Å². The summed E-state index contributed by atoms with van der Waals surface area (Å²) in [7, 11) is 1.59. The van der Waals surface area contributed by atoms with E-state index in [0.29, 0.717) is 30.8 Å². The Bertz CT molecular complexity index is 737. The summed E-state index contributed by atoms with van der Waals surface area (Å²) in [4.78, 5) is 12.2. The van der Waals surface area contributed by atoms with Gasteiger partial charge in [-0.15, -0.1) is 0 Å². The Balaban J connectivity index is 1.82. The van der Waals surface area contributed by atoms with Gasteiger partial charge in [0.2, 0.25) is 5.91 Å². The molecule has 0 aromatic heterocycles. The van der Waals surface area contributed by atoms with E-state index in [-0.39, 0.29) is 18.1 Å². The molecule has 1 atom stereocenters. The predicted octanol–water partition coefficient (Wildman–Crippen LogP) is 4.72. The van der Waals surface area contributed by atoms with Gasteiger partial charge in [-0.3, -0.25) is 4.79 Å². The zero-order valence-corrected chi connectivity index (χ0v) is 16.0. The predicted molar refractivity (Wildman–Crippen MR) is 102 cm³/mol. The molecule has 0 saturated carbocycles. The minimum atomic E-state index is -2.91. The molecule has 152 valence electrons. The number of rotatable bonds is 11. The maximum atomic E-state index is 12.6. The van der Waals surface area contributed by atoms with E-state index >= 15 is 0 Å².